The Kier molecular flexibility index (Phi) is 5.72. The van der Waals surface area contributed by atoms with Gasteiger partial charge in [-0.25, -0.2) is 0 Å². The molecule has 2 aliphatic rings. The van der Waals surface area contributed by atoms with E-state index < -0.39 is 11.6 Å². The number of piperidine rings is 1. The molecule has 5 rings (SSSR count). The highest BCUT2D eigenvalue weighted by atomic mass is 16.2. The fourth-order valence-corrected chi connectivity index (χ4v) is 5.79. The molecule has 2 aromatic carbocycles. The van der Waals surface area contributed by atoms with Gasteiger partial charge < -0.3 is 20.9 Å². The molecule has 6 heteroatoms. The maximum atomic E-state index is 13.9. The molecule has 1 aliphatic heterocycles. The summed E-state index contributed by atoms with van der Waals surface area (Å²) in [5.41, 5.74) is 9.87. The number of benzene rings is 2. The van der Waals surface area contributed by atoms with Gasteiger partial charge in [0.05, 0.1) is 5.54 Å². The number of carbonyl (C=O) groups excluding carboxylic acids is 2. The molecule has 1 spiro atoms. The van der Waals surface area contributed by atoms with Crippen LogP contribution in [0.2, 0.25) is 0 Å². The summed E-state index contributed by atoms with van der Waals surface area (Å²) in [5, 5.41) is 4.06. The Hall–Kier alpha value is -3.12. The molecule has 1 saturated heterocycles. The normalized spacial score (nSPS) is 21.0. The van der Waals surface area contributed by atoms with Crippen molar-refractivity contribution >= 4 is 22.7 Å². The van der Waals surface area contributed by atoms with E-state index in [4.69, 9.17) is 5.73 Å². The number of H-pyrrole nitrogens is 1. The number of aromatic amines is 1. The molecule has 34 heavy (non-hydrogen) atoms. The van der Waals surface area contributed by atoms with Crippen molar-refractivity contribution in [2.24, 2.45) is 5.73 Å². The van der Waals surface area contributed by atoms with Crippen LogP contribution in [0.15, 0.2) is 54.7 Å². The molecule has 4 N–H and O–H groups in total. The molecular weight excluding hydrogens is 424 g/mol. The van der Waals surface area contributed by atoms with Crippen molar-refractivity contribution < 1.29 is 9.59 Å². The third kappa shape index (κ3) is 4.11. The number of amides is 2. The van der Waals surface area contributed by atoms with Gasteiger partial charge >= 0.3 is 0 Å². The molecule has 2 atom stereocenters. The lowest BCUT2D eigenvalue weighted by atomic mass is 9.75. The molecule has 1 fully saturated rings. The average molecular weight is 459 g/mol. The van der Waals surface area contributed by atoms with Crippen molar-refractivity contribution in [1.29, 1.82) is 0 Å². The topological polar surface area (TPSA) is 91.2 Å². The highest BCUT2D eigenvalue weighted by molar-refractivity contribution is 5.92. The van der Waals surface area contributed by atoms with E-state index in [0.717, 1.165) is 48.7 Å². The lowest BCUT2D eigenvalue weighted by Crippen LogP contribution is -2.59. The first-order valence-electron chi connectivity index (χ1n) is 12.3. The second kappa shape index (κ2) is 8.58. The third-order valence-corrected chi connectivity index (χ3v) is 7.64. The van der Waals surface area contributed by atoms with Crippen molar-refractivity contribution in [2.75, 3.05) is 13.1 Å². The van der Waals surface area contributed by atoms with E-state index in [1.807, 2.05) is 35.4 Å². The number of aryl methyl sites for hydroxylation is 1. The number of nitrogens with one attached hydrogen (secondary N) is 2. The van der Waals surface area contributed by atoms with Crippen LogP contribution in [0.1, 0.15) is 49.8 Å². The Morgan fingerprint density at radius 3 is 2.74 bits per heavy atom. The van der Waals surface area contributed by atoms with Crippen molar-refractivity contribution in [3.05, 3.63) is 71.4 Å². The lowest BCUT2D eigenvalue weighted by Gasteiger charge is -2.42. The fourth-order valence-electron chi connectivity index (χ4n) is 5.79. The van der Waals surface area contributed by atoms with E-state index in [1.54, 1.807) is 13.8 Å². The van der Waals surface area contributed by atoms with Crippen LogP contribution < -0.4 is 11.1 Å². The smallest absolute Gasteiger partial charge is 0.245 e. The molecule has 0 radical (unpaired) electrons. The Bertz CT molecular complexity index is 1220. The predicted molar refractivity (Wildman–Crippen MR) is 134 cm³/mol. The Labute approximate surface area is 200 Å². The van der Waals surface area contributed by atoms with Gasteiger partial charge in [0.15, 0.2) is 0 Å². The van der Waals surface area contributed by atoms with E-state index in [0.29, 0.717) is 13.0 Å². The van der Waals surface area contributed by atoms with Crippen LogP contribution in [0.25, 0.3) is 10.9 Å². The quantitative estimate of drug-likeness (QED) is 0.547. The van der Waals surface area contributed by atoms with Gasteiger partial charge in [0.25, 0.3) is 0 Å². The van der Waals surface area contributed by atoms with Crippen molar-refractivity contribution in [1.82, 2.24) is 15.2 Å². The summed E-state index contributed by atoms with van der Waals surface area (Å²) in [4.78, 5) is 32.1. The first kappa shape index (κ1) is 22.7. The average Bonchev–Trinajstić information content (AvgIpc) is 3.39. The van der Waals surface area contributed by atoms with Crippen LogP contribution in [0.3, 0.4) is 0 Å². The standard InChI is InChI=1S/C28H34N4O2/c1-27(2,29)26(34)31-24(16-20-17-30-23-11-6-4-9-21(20)23)25(33)32-15-7-13-28(18-32)14-12-19-8-3-5-10-22(19)28/h3-6,8-11,17,24,30H,7,12-16,18,29H2,1-2H3,(H,31,34)/t24-,28?/m1/s1. The number of hydrogen-bond donors (Lipinski definition) is 3. The molecule has 1 unspecified atom stereocenters. The minimum atomic E-state index is -1.06. The number of likely N-dealkylation sites (tertiary alicyclic amines) is 1. The van der Waals surface area contributed by atoms with Crippen molar-refractivity contribution in [2.45, 2.75) is 62.9 Å². The van der Waals surface area contributed by atoms with Gasteiger partial charge in [-0.15, -0.1) is 0 Å². The molecule has 1 aromatic heterocycles. The Morgan fingerprint density at radius 1 is 1.15 bits per heavy atom. The van der Waals surface area contributed by atoms with E-state index in [9.17, 15) is 9.59 Å². The molecular formula is C28H34N4O2. The van der Waals surface area contributed by atoms with Gasteiger partial charge in [0.1, 0.15) is 6.04 Å². The van der Waals surface area contributed by atoms with Crippen molar-refractivity contribution in [3.63, 3.8) is 0 Å². The number of para-hydroxylation sites is 1. The fraction of sp³-hybridized carbons (Fsp3) is 0.429. The van der Waals surface area contributed by atoms with Crippen LogP contribution in [-0.4, -0.2) is 46.4 Å². The number of nitrogens with two attached hydrogens (primary N) is 1. The summed E-state index contributed by atoms with van der Waals surface area (Å²) < 4.78 is 0. The summed E-state index contributed by atoms with van der Waals surface area (Å²) in [6.45, 7) is 4.76. The number of aromatic nitrogens is 1. The minimum absolute atomic E-state index is 0.0208. The Balaban J connectivity index is 1.42. The van der Waals surface area contributed by atoms with E-state index >= 15 is 0 Å². The van der Waals surface area contributed by atoms with Gasteiger partial charge in [-0.2, -0.15) is 0 Å². The molecule has 3 aromatic rings. The predicted octanol–water partition coefficient (Wildman–Crippen LogP) is 3.44. The summed E-state index contributed by atoms with van der Waals surface area (Å²) in [6.07, 6.45) is 6.57. The largest absolute Gasteiger partial charge is 0.361 e. The maximum Gasteiger partial charge on any atom is 0.245 e. The van der Waals surface area contributed by atoms with Crippen LogP contribution >= 0.6 is 0 Å². The summed E-state index contributed by atoms with van der Waals surface area (Å²) in [7, 11) is 0. The first-order valence-corrected chi connectivity index (χ1v) is 12.3. The molecule has 6 nitrogen and oxygen atoms in total. The van der Waals surface area contributed by atoms with E-state index in [2.05, 4.69) is 34.6 Å². The van der Waals surface area contributed by atoms with Crippen LogP contribution in [0.5, 0.6) is 0 Å². The van der Waals surface area contributed by atoms with Crippen LogP contribution in [-0.2, 0) is 27.8 Å². The maximum absolute atomic E-state index is 13.9. The SMILES string of the molecule is CC(C)(N)C(=O)N[C@H](Cc1c[nH]c2ccccc12)C(=O)N1CCCC2(CCc3ccccc32)C1. The van der Waals surface area contributed by atoms with Crippen LogP contribution in [0.4, 0.5) is 0 Å². The molecule has 2 heterocycles. The summed E-state index contributed by atoms with van der Waals surface area (Å²) in [6, 6.07) is 16.0. The van der Waals surface area contributed by atoms with Gasteiger partial charge in [-0.3, -0.25) is 9.59 Å². The van der Waals surface area contributed by atoms with Gasteiger partial charge in [-0.1, -0.05) is 42.5 Å². The number of rotatable bonds is 5. The second-order valence-electron chi connectivity index (χ2n) is 10.6. The van der Waals surface area contributed by atoms with Gasteiger partial charge in [0.2, 0.25) is 11.8 Å². The molecule has 0 saturated carbocycles. The van der Waals surface area contributed by atoms with Gasteiger partial charge in [0, 0.05) is 42.0 Å². The summed E-state index contributed by atoms with van der Waals surface area (Å²) >= 11 is 0. The van der Waals surface area contributed by atoms with Crippen LogP contribution in [0, 0.1) is 0 Å². The number of carbonyl (C=O) groups is 2. The highest BCUT2D eigenvalue weighted by Gasteiger charge is 2.44. The number of nitrogens with zero attached hydrogens (tertiary/aromatic N) is 1. The zero-order valence-electron chi connectivity index (χ0n) is 20.1. The monoisotopic (exact) mass is 458 g/mol. The molecule has 178 valence electrons. The third-order valence-electron chi connectivity index (χ3n) is 7.64. The van der Waals surface area contributed by atoms with E-state index in [1.165, 1.54) is 11.1 Å². The molecule has 2 amide bonds. The lowest BCUT2D eigenvalue weighted by molar-refractivity contribution is -0.139. The summed E-state index contributed by atoms with van der Waals surface area (Å²) in [5.74, 6) is -0.338. The highest BCUT2D eigenvalue weighted by Crippen LogP contribution is 2.45. The number of fused-ring (bicyclic) bond motifs is 3. The first-order chi connectivity index (χ1) is 16.3. The Morgan fingerprint density at radius 2 is 1.91 bits per heavy atom. The van der Waals surface area contributed by atoms with Crippen molar-refractivity contribution in [3.8, 4) is 0 Å². The van der Waals surface area contributed by atoms with Gasteiger partial charge in [-0.05, 0) is 62.3 Å². The number of hydrogen-bond acceptors (Lipinski definition) is 3. The zero-order valence-corrected chi connectivity index (χ0v) is 20.1. The second-order valence-corrected chi connectivity index (χ2v) is 10.6. The molecule has 0 bridgehead atoms. The zero-order chi connectivity index (χ0) is 23.9. The molecule has 1 aliphatic carbocycles. The van der Waals surface area contributed by atoms with E-state index in [-0.39, 0.29) is 17.2 Å². The minimum Gasteiger partial charge on any atom is -0.361 e.